The summed E-state index contributed by atoms with van der Waals surface area (Å²) in [5.41, 5.74) is 0. The molecular weight excluding hydrogens is 135 g/mol. The number of hydrogen-bond acceptors (Lipinski definition) is 2. The topological polar surface area (TPSA) is 37.3 Å². The average Bonchev–Trinajstić information content (AvgIpc) is 2.34. The molecule has 1 unspecified atom stereocenters. The van der Waals surface area contributed by atoms with E-state index in [1.54, 1.807) is 12.2 Å². The van der Waals surface area contributed by atoms with Crippen LogP contribution in [0.25, 0.3) is 0 Å². The molecule has 3 heteroatoms. The zero-order chi connectivity index (χ0) is 7.56. The number of aldehydes is 1. The van der Waals surface area contributed by atoms with Gasteiger partial charge in [0.05, 0.1) is 6.10 Å². The second kappa shape index (κ2) is 2.92. The predicted octanol–water partition coefficient (Wildman–Crippen LogP) is 0.460. The van der Waals surface area contributed by atoms with E-state index in [2.05, 4.69) is 0 Å². The van der Waals surface area contributed by atoms with Crippen LogP contribution in [0.3, 0.4) is 0 Å². The summed E-state index contributed by atoms with van der Waals surface area (Å²) in [6.45, 7) is 0. The number of rotatable bonds is 2. The third-order valence-electron chi connectivity index (χ3n) is 1.68. The van der Waals surface area contributed by atoms with E-state index in [-0.39, 0.29) is 6.29 Å². The van der Waals surface area contributed by atoms with Crippen molar-refractivity contribution in [2.24, 2.45) is 5.92 Å². The molecule has 0 aromatic carbocycles. The lowest BCUT2D eigenvalue weighted by atomic mass is 10.0. The van der Waals surface area contributed by atoms with Gasteiger partial charge in [0.1, 0.15) is 0 Å². The summed E-state index contributed by atoms with van der Waals surface area (Å²) in [6, 6.07) is 0. The molecule has 0 saturated carbocycles. The molecular formula is C7H9FO2. The van der Waals surface area contributed by atoms with E-state index in [0.717, 1.165) is 0 Å². The Labute approximate surface area is 58.4 Å². The van der Waals surface area contributed by atoms with Crippen LogP contribution >= 0.6 is 0 Å². The molecule has 0 aliphatic heterocycles. The van der Waals surface area contributed by atoms with Crippen LogP contribution < -0.4 is 0 Å². The number of alkyl halides is 1. The lowest BCUT2D eigenvalue weighted by Gasteiger charge is -2.12. The first kappa shape index (κ1) is 7.41. The number of halogens is 1. The van der Waals surface area contributed by atoms with E-state index in [9.17, 15) is 9.18 Å². The number of hydrogen-bond donors (Lipinski definition) is 1. The van der Waals surface area contributed by atoms with Crippen molar-refractivity contribution < 1.29 is 14.3 Å². The lowest BCUT2D eigenvalue weighted by molar-refractivity contribution is -0.114. The van der Waals surface area contributed by atoms with Crippen LogP contribution in [-0.2, 0) is 4.79 Å². The van der Waals surface area contributed by atoms with Crippen LogP contribution in [0.2, 0.25) is 0 Å². The molecule has 0 aromatic rings. The largest absolute Gasteiger partial charge is 0.392 e. The van der Waals surface area contributed by atoms with Crippen molar-refractivity contribution >= 4 is 6.29 Å². The molecule has 1 aliphatic carbocycles. The van der Waals surface area contributed by atoms with E-state index in [1.807, 2.05) is 0 Å². The van der Waals surface area contributed by atoms with E-state index in [4.69, 9.17) is 5.11 Å². The fourth-order valence-electron chi connectivity index (χ4n) is 1.07. The molecule has 0 bridgehead atoms. The van der Waals surface area contributed by atoms with Gasteiger partial charge in [0.2, 0.25) is 0 Å². The highest BCUT2D eigenvalue weighted by atomic mass is 19.1. The van der Waals surface area contributed by atoms with Gasteiger partial charge < -0.3 is 9.90 Å². The molecule has 0 amide bonds. The molecule has 0 spiro atoms. The molecule has 10 heavy (non-hydrogen) atoms. The maximum absolute atomic E-state index is 12.5. The van der Waals surface area contributed by atoms with Crippen LogP contribution in [0.15, 0.2) is 12.2 Å². The minimum absolute atomic E-state index is 0.226. The smallest absolute Gasteiger partial charge is 0.164 e. The van der Waals surface area contributed by atoms with Crippen molar-refractivity contribution in [3.63, 3.8) is 0 Å². The summed E-state index contributed by atoms with van der Waals surface area (Å²) in [5, 5.41) is 9.03. The van der Waals surface area contributed by atoms with Gasteiger partial charge >= 0.3 is 0 Å². The zero-order valence-corrected chi connectivity index (χ0v) is 5.40. The fourth-order valence-corrected chi connectivity index (χ4v) is 1.07. The standard InChI is InChI=1S/C7H9FO2/c8-6(4-9)5-2-1-3-7(5)10/h1-2,4-7,10H,3H2/t5-,6?,7+/m0/s1. The monoisotopic (exact) mass is 144 g/mol. The van der Waals surface area contributed by atoms with Crippen LogP contribution in [0.4, 0.5) is 4.39 Å². The highest BCUT2D eigenvalue weighted by Gasteiger charge is 2.28. The Kier molecular flexibility index (Phi) is 2.17. The minimum atomic E-state index is -1.55. The van der Waals surface area contributed by atoms with E-state index < -0.39 is 18.2 Å². The molecule has 1 rings (SSSR count). The molecule has 56 valence electrons. The van der Waals surface area contributed by atoms with Crippen molar-refractivity contribution in [2.45, 2.75) is 18.7 Å². The zero-order valence-electron chi connectivity index (χ0n) is 5.40. The summed E-state index contributed by atoms with van der Waals surface area (Å²) < 4.78 is 12.5. The summed E-state index contributed by atoms with van der Waals surface area (Å²) in [5.74, 6) is -0.613. The highest BCUT2D eigenvalue weighted by molar-refractivity contribution is 5.57. The fraction of sp³-hybridized carbons (Fsp3) is 0.571. The number of carbonyl (C=O) groups excluding carboxylic acids is 1. The third-order valence-corrected chi connectivity index (χ3v) is 1.68. The Morgan fingerprint density at radius 2 is 2.50 bits per heavy atom. The van der Waals surface area contributed by atoms with Gasteiger partial charge in [0.15, 0.2) is 12.5 Å². The minimum Gasteiger partial charge on any atom is -0.392 e. The number of aliphatic hydroxyl groups is 1. The molecule has 3 atom stereocenters. The molecule has 0 fully saturated rings. The number of carbonyl (C=O) groups is 1. The van der Waals surface area contributed by atoms with Gasteiger partial charge in [-0.25, -0.2) is 4.39 Å². The summed E-state index contributed by atoms with van der Waals surface area (Å²) in [6.07, 6.45) is 1.66. The van der Waals surface area contributed by atoms with Gasteiger partial charge in [-0.05, 0) is 6.42 Å². The molecule has 1 N–H and O–H groups in total. The quantitative estimate of drug-likeness (QED) is 0.451. The highest BCUT2D eigenvalue weighted by Crippen LogP contribution is 2.22. The Bertz CT molecular complexity index is 156. The third kappa shape index (κ3) is 1.24. The second-order valence-corrected chi connectivity index (χ2v) is 2.39. The van der Waals surface area contributed by atoms with Crippen molar-refractivity contribution in [3.05, 3.63) is 12.2 Å². The Morgan fingerprint density at radius 3 is 2.90 bits per heavy atom. The Balaban J connectivity index is 2.54. The van der Waals surface area contributed by atoms with Crippen LogP contribution in [0, 0.1) is 5.92 Å². The predicted molar refractivity (Wildman–Crippen MR) is 34.2 cm³/mol. The van der Waals surface area contributed by atoms with Gasteiger partial charge in [-0.3, -0.25) is 0 Å². The Hall–Kier alpha value is -0.700. The first-order valence-electron chi connectivity index (χ1n) is 3.20. The molecule has 1 aliphatic rings. The van der Waals surface area contributed by atoms with Crippen molar-refractivity contribution in [2.75, 3.05) is 0 Å². The lowest BCUT2D eigenvalue weighted by Crippen LogP contribution is -2.24. The second-order valence-electron chi connectivity index (χ2n) is 2.39. The van der Waals surface area contributed by atoms with Crippen molar-refractivity contribution in [1.29, 1.82) is 0 Å². The first-order valence-corrected chi connectivity index (χ1v) is 3.20. The van der Waals surface area contributed by atoms with Crippen molar-refractivity contribution in [1.82, 2.24) is 0 Å². The average molecular weight is 144 g/mol. The molecule has 0 saturated heterocycles. The molecule has 0 heterocycles. The van der Waals surface area contributed by atoms with Crippen LogP contribution in [-0.4, -0.2) is 23.7 Å². The van der Waals surface area contributed by atoms with Gasteiger partial charge in [-0.1, -0.05) is 12.2 Å². The van der Waals surface area contributed by atoms with Gasteiger partial charge in [-0.15, -0.1) is 0 Å². The molecule has 0 radical (unpaired) electrons. The van der Waals surface area contributed by atoms with Crippen LogP contribution in [0.1, 0.15) is 6.42 Å². The SMILES string of the molecule is O=CC(F)[C@@H]1C=CC[C@H]1O. The molecule has 2 nitrogen and oxygen atoms in total. The van der Waals surface area contributed by atoms with E-state index in [1.165, 1.54) is 0 Å². The normalized spacial score (nSPS) is 34.2. The summed E-state index contributed by atoms with van der Waals surface area (Å²) in [4.78, 5) is 9.92. The summed E-state index contributed by atoms with van der Waals surface area (Å²) >= 11 is 0. The summed E-state index contributed by atoms with van der Waals surface area (Å²) in [7, 11) is 0. The van der Waals surface area contributed by atoms with Crippen molar-refractivity contribution in [3.8, 4) is 0 Å². The molecule has 0 aromatic heterocycles. The first-order chi connectivity index (χ1) is 4.75. The van der Waals surface area contributed by atoms with Crippen LogP contribution in [0.5, 0.6) is 0 Å². The Morgan fingerprint density at radius 1 is 1.80 bits per heavy atom. The van der Waals surface area contributed by atoms with E-state index >= 15 is 0 Å². The van der Waals surface area contributed by atoms with E-state index in [0.29, 0.717) is 6.42 Å². The van der Waals surface area contributed by atoms with Gasteiger partial charge in [-0.2, -0.15) is 0 Å². The maximum atomic E-state index is 12.5. The maximum Gasteiger partial charge on any atom is 0.164 e. The van der Waals surface area contributed by atoms with Gasteiger partial charge in [0, 0.05) is 5.92 Å². The number of aliphatic hydroxyl groups excluding tert-OH is 1. The van der Waals surface area contributed by atoms with Gasteiger partial charge in [0.25, 0.3) is 0 Å².